The molecule has 1 heterocycles. The second kappa shape index (κ2) is 6.33. The highest BCUT2D eigenvalue weighted by Crippen LogP contribution is 2.22. The van der Waals surface area contributed by atoms with Gasteiger partial charge >= 0.3 is 0 Å². The Balaban J connectivity index is 2.10. The molecule has 0 amide bonds. The molecule has 1 atom stereocenters. The fourth-order valence-corrected chi connectivity index (χ4v) is 2.26. The number of hydrogen-bond donors (Lipinski definition) is 1. The molecule has 2 aromatic rings. The normalized spacial score (nSPS) is 12.4. The lowest BCUT2D eigenvalue weighted by Gasteiger charge is -2.06. The number of benzene rings is 1. The van der Waals surface area contributed by atoms with Gasteiger partial charge in [-0.3, -0.25) is 0 Å². The molecule has 5 heteroatoms. The maximum absolute atomic E-state index is 6.12. The Morgan fingerprint density at radius 2 is 1.89 bits per heavy atom. The Bertz CT molecular complexity index is 553. The predicted octanol–water partition coefficient (Wildman–Crippen LogP) is 3.26. The molecule has 0 aliphatic heterocycles. The highest BCUT2D eigenvalue weighted by molar-refractivity contribution is 6.35. The Hall–Kier alpha value is -1.16. The van der Waals surface area contributed by atoms with E-state index in [0.717, 1.165) is 23.4 Å². The van der Waals surface area contributed by atoms with E-state index in [4.69, 9.17) is 28.9 Å². The van der Waals surface area contributed by atoms with Crippen molar-refractivity contribution >= 4 is 23.2 Å². The van der Waals surface area contributed by atoms with Crippen LogP contribution >= 0.6 is 23.2 Å². The summed E-state index contributed by atoms with van der Waals surface area (Å²) in [4.78, 5) is 8.66. The van der Waals surface area contributed by atoms with Gasteiger partial charge in [-0.05, 0) is 36.6 Å². The molecule has 2 N–H and O–H groups in total. The third-order valence-corrected chi connectivity index (χ3v) is 3.27. The van der Waals surface area contributed by atoms with Crippen LogP contribution in [0, 0.1) is 0 Å². The Morgan fingerprint density at radius 1 is 1.21 bits per heavy atom. The molecule has 1 unspecified atom stereocenters. The maximum atomic E-state index is 6.12. The highest BCUT2D eigenvalue weighted by Gasteiger charge is 2.05. The summed E-state index contributed by atoms with van der Waals surface area (Å²) in [5.41, 5.74) is 7.74. The third-order valence-electron chi connectivity index (χ3n) is 2.68. The minimum atomic E-state index is 0.111. The van der Waals surface area contributed by atoms with Gasteiger partial charge < -0.3 is 5.73 Å². The van der Waals surface area contributed by atoms with Crippen molar-refractivity contribution in [3.63, 3.8) is 0 Å². The molecule has 2 rings (SSSR count). The molecule has 100 valence electrons. The van der Waals surface area contributed by atoms with Gasteiger partial charge in [0.2, 0.25) is 0 Å². The summed E-state index contributed by atoms with van der Waals surface area (Å²) in [6.45, 7) is 1.96. The van der Waals surface area contributed by atoms with Gasteiger partial charge in [0.1, 0.15) is 5.82 Å². The minimum Gasteiger partial charge on any atom is -0.328 e. The monoisotopic (exact) mass is 295 g/mol. The first-order valence-corrected chi connectivity index (χ1v) is 6.79. The van der Waals surface area contributed by atoms with Crippen LogP contribution in [0.4, 0.5) is 0 Å². The van der Waals surface area contributed by atoms with Crippen LogP contribution in [0.1, 0.15) is 23.9 Å². The van der Waals surface area contributed by atoms with Gasteiger partial charge in [0.15, 0.2) is 0 Å². The quantitative estimate of drug-likeness (QED) is 0.942. The summed E-state index contributed by atoms with van der Waals surface area (Å²) in [7, 11) is 0. The van der Waals surface area contributed by atoms with E-state index < -0.39 is 0 Å². The lowest BCUT2D eigenvalue weighted by atomic mass is 10.1. The second-order valence-electron chi connectivity index (χ2n) is 4.60. The zero-order valence-corrected chi connectivity index (χ0v) is 12.1. The van der Waals surface area contributed by atoms with E-state index in [-0.39, 0.29) is 6.04 Å². The first-order chi connectivity index (χ1) is 9.04. The van der Waals surface area contributed by atoms with Crippen LogP contribution in [0.3, 0.4) is 0 Å². The first-order valence-electron chi connectivity index (χ1n) is 6.04. The molecule has 0 bridgehead atoms. The summed E-state index contributed by atoms with van der Waals surface area (Å²) in [6, 6.07) is 5.54. The average Bonchev–Trinajstić information content (AvgIpc) is 2.34. The molecular weight excluding hydrogens is 281 g/mol. The molecule has 0 saturated heterocycles. The summed E-state index contributed by atoms with van der Waals surface area (Å²) < 4.78 is 0. The largest absolute Gasteiger partial charge is 0.328 e. The van der Waals surface area contributed by atoms with Crippen molar-refractivity contribution in [2.45, 2.75) is 25.8 Å². The molecule has 0 radical (unpaired) electrons. The molecule has 0 aliphatic rings. The lowest BCUT2D eigenvalue weighted by molar-refractivity contribution is 0.729. The smallest absolute Gasteiger partial charge is 0.132 e. The molecule has 0 spiro atoms. The summed E-state index contributed by atoms with van der Waals surface area (Å²) in [5.74, 6) is 0.734. The fourth-order valence-electron chi connectivity index (χ4n) is 1.79. The molecule has 1 aromatic carbocycles. The molecule has 1 aromatic heterocycles. The summed E-state index contributed by atoms with van der Waals surface area (Å²) in [5, 5.41) is 1.26. The Kier molecular flexibility index (Phi) is 4.75. The topological polar surface area (TPSA) is 51.8 Å². The summed E-state index contributed by atoms with van der Waals surface area (Å²) in [6.07, 6.45) is 5.00. The average molecular weight is 296 g/mol. The van der Waals surface area contributed by atoms with Gasteiger partial charge in [0, 0.05) is 34.9 Å². The standard InChI is InChI=1S/C14H15Cl2N3/c1-9(17)4-10-7-18-14(19-8-10)5-11-2-3-12(15)6-13(11)16/h2-3,6-9H,4-5,17H2,1H3. The molecule has 0 aliphatic carbocycles. The molecule has 3 nitrogen and oxygen atoms in total. The minimum absolute atomic E-state index is 0.111. The third kappa shape index (κ3) is 4.16. The van der Waals surface area contributed by atoms with E-state index in [1.165, 1.54) is 0 Å². The zero-order valence-electron chi connectivity index (χ0n) is 10.6. The van der Waals surface area contributed by atoms with Crippen LogP contribution < -0.4 is 5.73 Å². The van der Waals surface area contributed by atoms with Crippen LogP contribution in [0.15, 0.2) is 30.6 Å². The molecule has 19 heavy (non-hydrogen) atoms. The van der Waals surface area contributed by atoms with Crippen molar-refractivity contribution in [3.05, 3.63) is 57.6 Å². The SMILES string of the molecule is CC(N)Cc1cnc(Cc2ccc(Cl)cc2Cl)nc1. The van der Waals surface area contributed by atoms with Gasteiger partial charge in [-0.15, -0.1) is 0 Å². The Morgan fingerprint density at radius 3 is 2.47 bits per heavy atom. The van der Waals surface area contributed by atoms with Gasteiger partial charge in [0.25, 0.3) is 0 Å². The van der Waals surface area contributed by atoms with Gasteiger partial charge in [0.05, 0.1) is 0 Å². The van der Waals surface area contributed by atoms with Crippen LogP contribution in [0.5, 0.6) is 0 Å². The molecular formula is C14H15Cl2N3. The zero-order chi connectivity index (χ0) is 13.8. The van der Waals surface area contributed by atoms with E-state index in [1.54, 1.807) is 6.07 Å². The van der Waals surface area contributed by atoms with E-state index in [1.807, 2.05) is 31.5 Å². The van der Waals surface area contributed by atoms with Crippen LogP contribution in [0.2, 0.25) is 10.0 Å². The number of nitrogens with two attached hydrogens (primary N) is 1. The van der Waals surface area contributed by atoms with Crippen LogP contribution in [-0.4, -0.2) is 16.0 Å². The van der Waals surface area contributed by atoms with Crippen molar-refractivity contribution in [1.82, 2.24) is 9.97 Å². The van der Waals surface area contributed by atoms with Crippen molar-refractivity contribution in [2.75, 3.05) is 0 Å². The van der Waals surface area contributed by atoms with E-state index in [0.29, 0.717) is 16.5 Å². The van der Waals surface area contributed by atoms with Gasteiger partial charge in [-0.2, -0.15) is 0 Å². The number of hydrogen-bond acceptors (Lipinski definition) is 3. The van der Waals surface area contributed by atoms with E-state index in [2.05, 4.69) is 9.97 Å². The summed E-state index contributed by atoms with van der Waals surface area (Å²) >= 11 is 12.0. The van der Waals surface area contributed by atoms with Crippen molar-refractivity contribution in [3.8, 4) is 0 Å². The first kappa shape index (κ1) is 14.3. The molecule has 0 saturated carbocycles. The fraction of sp³-hybridized carbons (Fsp3) is 0.286. The van der Waals surface area contributed by atoms with Crippen LogP contribution in [0.25, 0.3) is 0 Å². The number of aromatic nitrogens is 2. The second-order valence-corrected chi connectivity index (χ2v) is 5.45. The van der Waals surface area contributed by atoms with Gasteiger partial charge in [-0.1, -0.05) is 29.3 Å². The lowest BCUT2D eigenvalue weighted by Crippen LogP contribution is -2.18. The van der Waals surface area contributed by atoms with E-state index in [9.17, 15) is 0 Å². The number of nitrogens with zero attached hydrogens (tertiary/aromatic N) is 2. The van der Waals surface area contributed by atoms with Crippen molar-refractivity contribution in [1.29, 1.82) is 0 Å². The van der Waals surface area contributed by atoms with Crippen molar-refractivity contribution in [2.24, 2.45) is 5.73 Å². The van der Waals surface area contributed by atoms with Crippen LogP contribution in [-0.2, 0) is 12.8 Å². The van der Waals surface area contributed by atoms with E-state index >= 15 is 0 Å². The highest BCUT2D eigenvalue weighted by atomic mass is 35.5. The number of rotatable bonds is 4. The molecule has 0 fully saturated rings. The predicted molar refractivity (Wildman–Crippen MR) is 78.7 cm³/mol. The number of halogens is 2. The maximum Gasteiger partial charge on any atom is 0.132 e. The van der Waals surface area contributed by atoms with Gasteiger partial charge in [-0.25, -0.2) is 9.97 Å². The van der Waals surface area contributed by atoms with Crippen molar-refractivity contribution < 1.29 is 0 Å². The Labute approximate surface area is 122 Å².